The highest BCUT2D eigenvalue weighted by molar-refractivity contribution is 5.29. The minimum absolute atomic E-state index is 0.209. The molecule has 112 valence electrons. The highest BCUT2D eigenvalue weighted by Crippen LogP contribution is 2.24. The second-order valence-electron chi connectivity index (χ2n) is 5.78. The number of likely N-dealkylation sites (tertiary alicyclic amines) is 1. The SMILES string of the molecule is CC1CCCN(Cc2ncn(-c3ccccc3)n2)C1CO. The van der Waals surface area contributed by atoms with E-state index in [-0.39, 0.29) is 12.6 Å². The minimum Gasteiger partial charge on any atom is -0.395 e. The molecular formula is C16H22N4O. The normalized spacial score (nSPS) is 23.3. The van der Waals surface area contributed by atoms with Gasteiger partial charge in [-0.3, -0.25) is 4.90 Å². The van der Waals surface area contributed by atoms with Crippen LogP contribution in [-0.4, -0.2) is 44.0 Å². The molecule has 5 heteroatoms. The smallest absolute Gasteiger partial charge is 0.165 e. The first kappa shape index (κ1) is 14.2. The van der Waals surface area contributed by atoms with Crippen LogP contribution in [0.5, 0.6) is 0 Å². The number of hydrogen-bond acceptors (Lipinski definition) is 4. The lowest BCUT2D eigenvalue weighted by atomic mass is 9.91. The summed E-state index contributed by atoms with van der Waals surface area (Å²) in [5, 5.41) is 14.2. The van der Waals surface area contributed by atoms with E-state index >= 15 is 0 Å². The maximum Gasteiger partial charge on any atom is 0.165 e. The number of aliphatic hydroxyl groups is 1. The van der Waals surface area contributed by atoms with E-state index in [0.717, 1.165) is 18.1 Å². The number of hydrogen-bond donors (Lipinski definition) is 1. The van der Waals surface area contributed by atoms with Crippen LogP contribution in [0.1, 0.15) is 25.6 Å². The molecule has 0 aliphatic carbocycles. The van der Waals surface area contributed by atoms with Crippen molar-refractivity contribution in [2.75, 3.05) is 13.2 Å². The summed E-state index contributed by atoms with van der Waals surface area (Å²) in [6, 6.07) is 10.2. The molecule has 21 heavy (non-hydrogen) atoms. The molecule has 0 radical (unpaired) electrons. The maximum absolute atomic E-state index is 9.61. The predicted octanol–water partition coefficient (Wildman–Crippen LogP) is 1.86. The molecule has 2 aromatic rings. The molecule has 5 nitrogen and oxygen atoms in total. The van der Waals surface area contributed by atoms with Gasteiger partial charge in [0.2, 0.25) is 0 Å². The molecule has 1 saturated heterocycles. The fourth-order valence-corrected chi connectivity index (χ4v) is 3.08. The zero-order chi connectivity index (χ0) is 14.7. The van der Waals surface area contributed by atoms with Crippen molar-refractivity contribution in [2.45, 2.75) is 32.4 Å². The fourth-order valence-electron chi connectivity index (χ4n) is 3.08. The van der Waals surface area contributed by atoms with Gasteiger partial charge >= 0.3 is 0 Å². The molecule has 0 bridgehead atoms. The second-order valence-corrected chi connectivity index (χ2v) is 5.78. The van der Waals surface area contributed by atoms with Crippen molar-refractivity contribution < 1.29 is 5.11 Å². The monoisotopic (exact) mass is 286 g/mol. The van der Waals surface area contributed by atoms with E-state index in [9.17, 15) is 5.11 Å². The number of para-hydroxylation sites is 1. The molecule has 1 aliphatic heterocycles. The summed E-state index contributed by atoms with van der Waals surface area (Å²) in [5.41, 5.74) is 1.02. The molecule has 2 unspecified atom stereocenters. The van der Waals surface area contributed by atoms with Crippen LogP contribution in [0.25, 0.3) is 5.69 Å². The number of aromatic nitrogens is 3. The second kappa shape index (κ2) is 6.37. The van der Waals surface area contributed by atoms with E-state index in [0.29, 0.717) is 12.5 Å². The molecule has 0 saturated carbocycles. The maximum atomic E-state index is 9.61. The van der Waals surface area contributed by atoms with Crippen molar-refractivity contribution in [3.8, 4) is 5.69 Å². The van der Waals surface area contributed by atoms with Crippen molar-refractivity contribution in [3.63, 3.8) is 0 Å². The summed E-state index contributed by atoms with van der Waals surface area (Å²) in [4.78, 5) is 6.71. The number of piperidine rings is 1. The lowest BCUT2D eigenvalue weighted by molar-refractivity contribution is 0.0454. The highest BCUT2D eigenvalue weighted by atomic mass is 16.3. The average Bonchev–Trinajstić information content (AvgIpc) is 2.97. The Bertz CT molecular complexity index is 569. The van der Waals surface area contributed by atoms with Gasteiger partial charge in [0.15, 0.2) is 5.82 Å². The van der Waals surface area contributed by atoms with Crippen molar-refractivity contribution in [1.82, 2.24) is 19.7 Å². The summed E-state index contributed by atoms with van der Waals surface area (Å²) in [6.07, 6.45) is 4.12. The molecule has 1 N–H and O–H groups in total. The van der Waals surface area contributed by atoms with Gasteiger partial charge in [-0.05, 0) is 37.4 Å². The number of rotatable bonds is 4. The van der Waals surface area contributed by atoms with Gasteiger partial charge in [0.05, 0.1) is 18.8 Å². The van der Waals surface area contributed by atoms with E-state index in [1.807, 2.05) is 30.3 Å². The molecule has 3 rings (SSSR count). The van der Waals surface area contributed by atoms with E-state index in [1.54, 1.807) is 11.0 Å². The van der Waals surface area contributed by atoms with Crippen LogP contribution in [0.15, 0.2) is 36.7 Å². The Morgan fingerprint density at radius 1 is 1.29 bits per heavy atom. The summed E-state index contributed by atoms with van der Waals surface area (Å²) >= 11 is 0. The lowest BCUT2D eigenvalue weighted by Crippen LogP contribution is -2.46. The van der Waals surface area contributed by atoms with Crippen LogP contribution in [0.4, 0.5) is 0 Å². The molecular weight excluding hydrogens is 264 g/mol. The van der Waals surface area contributed by atoms with E-state index < -0.39 is 0 Å². The summed E-state index contributed by atoms with van der Waals surface area (Å²) in [7, 11) is 0. The Balaban J connectivity index is 1.72. The molecule has 1 fully saturated rings. The topological polar surface area (TPSA) is 54.2 Å². The van der Waals surface area contributed by atoms with Crippen molar-refractivity contribution >= 4 is 0 Å². The van der Waals surface area contributed by atoms with Crippen LogP contribution in [-0.2, 0) is 6.54 Å². The fraction of sp³-hybridized carbons (Fsp3) is 0.500. The summed E-state index contributed by atoms with van der Waals surface area (Å²) in [6.45, 7) is 4.13. The Morgan fingerprint density at radius 3 is 2.86 bits per heavy atom. The third-order valence-electron chi connectivity index (χ3n) is 4.32. The van der Waals surface area contributed by atoms with Gasteiger partial charge in [-0.1, -0.05) is 25.1 Å². The van der Waals surface area contributed by atoms with Gasteiger partial charge in [-0.15, -0.1) is 5.10 Å². The Hall–Kier alpha value is -1.72. The number of benzene rings is 1. The number of aliphatic hydroxyl groups excluding tert-OH is 1. The predicted molar refractivity (Wildman–Crippen MR) is 81.0 cm³/mol. The van der Waals surface area contributed by atoms with Crippen molar-refractivity contribution in [3.05, 3.63) is 42.5 Å². The quantitative estimate of drug-likeness (QED) is 0.932. The molecule has 0 spiro atoms. The highest BCUT2D eigenvalue weighted by Gasteiger charge is 2.28. The molecule has 1 aromatic heterocycles. The first-order valence-corrected chi connectivity index (χ1v) is 7.59. The molecule has 1 aliphatic rings. The van der Waals surface area contributed by atoms with Crippen LogP contribution >= 0.6 is 0 Å². The minimum atomic E-state index is 0.209. The van der Waals surface area contributed by atoms with Gasteiger partial charge in [-0.25, -0.2) is 9.67 Å². The molecule has 0 amide bonds. The molecule has 1 aromatic carbocycles. The van der Waals surface area contributed by atoms with Crippen LogP contribution < -0.4 is 0 Å². The average molecular weight is 286 g/mol. The first-order valence-electron chi connectivity index (χ1n) is 7.59. The van der Waals surface area contributed by atoms with Gasteiger partial charge < -0.3 is 5.11 Å². The zero-order valence-corrected chi connectivity index (χ0v) is 12.4. The third kappa shape index (κ3) is 3.14. The van der Waals surface area contributed by atoms with Gasteiger partial charge in [0.1, 0.15) is 6.33 Å². The van der Waals surface area contributed by atoms with Crippen molar-refractivity contribution in [2.24, 2.45) is 5.92 Å². The van der Waals surface area contributed by atoms with E-state index in [4.69, 9.17) is 0 Å². The number of nitrogens with zero attached hydrogens (tertiary/aromatic N) is 4. The lowest BCUT2D eigenvalue weighted by Gasteiger charge is -2.38. The van der Waals surface area contributed by atoms with Crippen LogP contribution in [0.3, 0.4) is 0 Å². The van der Waals surface area contributed by atoms with Crippen LogP contribution in [0, 0.1) is 5.92 Å². The van der Waals surface area contributed by atoms with Gasteiger partial charge in [-0.2, -0.15) is 0 Å². The largest absolute Gasteiger partial charge is 0.395 e. The summed E-state index contributed by atoms with van der Waals surface area (Å²) in [5.74, 6) is 1.34. The standard InChI is InChI=1S/C16H22N4O/c1-13-6-5-9-19(15(13)11-21)10-16-17-12-20(18-16)14-7-3-2-4-8-14/h2-4,7-8,12-13,15,21H,5-6,9-11H2,1H3. The van der Waals surface area contributed by atoms with E-state index in [2.05, 4.69) is 21.9 Å². The first-order chi connectivity index (χ1) is 10.3. The van der Waals surface area contributed by atoms with Gasteiger partial charge in [0.25, 0.3) is 0 Å². The van der Waals surface area contributed by atoms with Crippen LogP contribution in [0.2, 0.25) is 0 Å². The molecule has 2 atom stereocenters. The Kier molecular flexibility index (Phi) is 4.31. The van der Waals surface area contributed by atoms with E-state index in [1.165, 1.54) is 12.8 Å². The molecule has 2 heterocycles. The Labute approximate surface area is 125 Å². The summed E-state index contributed by atoms with van der Waals surface area (Å²) < 4.78 is 1.80. The zero-order valence-electron chi connectivity index (χ0n) is 12.4. The third-order valence-corrected chi connectivity index (χ3v) is 4.32. The Morgan fingerprint density at radius 2 is 2.10 bits per heavy atom. The van der Waals surface area contributed by atoms with Crippen molar-refractivity contribution in [1.29, 1.82) is 0 Å². The van der Waals surface area contributed by atoms with Gasteiger partial charge in [0, 0.05) is 6.04 Å².